The molecule has 0 heterocycles. The Labute approximate surface area is 144 Å². The summed E-state index contributed by atoms with van der Waals surface area (Å²) in [5.41, 5.74) is 5.13. The lowest BCUT2D eigenvalue weighted by molar-refractivity contribution is -0.143. The minimum atomic E-state index is -1.20. The van der Waals surface area contributed by atoms with Gasteiger partial charge in [0, 0.05) is 6.42 Å². The van der Waals surface area contributed by atoms with Gasteiger partial charge in [0.2, 0.25) is 17.7 Å². The van der Waals surface area contributed by atoms with Gasteiger partial charge in [-0.15, -0.1) is 0 Å². The van der Waals surface area contributed by atoms with E-state index >= 15 is 0 Å². The number of amides is 3. The van der Waals surface area contributed by atoms with Gasteiger partial charge in [0.05, 0.1) is 13.1 Å². The molecule has 0 saturated carbocycles. The highest BCUT2D eigenvalue weighted by molar-refractivity contribution is 5.92. The fraction of sp³-hybridized carbons (Fsp3) is 0.643. The number of nitrogens with two attached hydrogens (primary N) is 1. The summed E-state index contributed by atoms with van der Waals surface area (Å²) >= 11 is 0. The third-order valence-corrected chi connectivity index (χ3v) is 3.16. The number of hydrogen-bond donors (Lipinski definition) is 6. The summed E-state index contributed by atoms with van der Waals surface area (Å²) in [5.74, 6) is -4.86. The van der Waals surface area contributed by atoms with Crippen molar-refractivity contribution in [3.63, 3.8) is 0 Å². The van der Waals surface area contributed by atoms with Crippen LogP contribution in [0, 0.1) is 5.92 Å². The molecule has 11 heteroatoms. The van der Waals surface area contributed by atoms with E-state index in [1.807, 2.05) is 0 Å². The normalized spacial score (nSPS) is 12.8. The fourth-order valence-electron chi connectivity index (χ4n) is 1.82. The summed E-state index contributed by atoms with van der Waals surface area (Å²) in [5, 5.41) is 24.4. The molecule has 7 N–H and O–H groups in total. The van der Waals surface area contributed by atoms with E-state index in [0.717, 1.165) is 0 Å². The van der Waals surface area contributed by atoms with Crippen molar-refractivity contribution >= 4 is 29.7 Å². The average Bonchev–Trinajstić information content (AvgIpc) is 2.52. The van der Waals surface area contributed by atoms with E-state index < -0.39 is 48.3 Å². The molecule has 0 aliphatic carbocycles. The highest BCUT2D eigenvalue weighted by atomic mass is 16.4. The molecule has 11 nitrogen and oxygen atoms in total. The van der Waals surface area contributed by atoms with Gasteiger partial charge >= 0.3 is 11.9 Å². The van der Waals surface area contributed by atoms with Crippen LogP contribution in [0.5, 0.6) is 0 Å². The Morgan fingerprint density at radius 3 is 2.04 bits per heavy atom. The van der Waals surface area contributed by atoms with Crippen LogP contribution in [-0.4, -0.2) is 65.0 Å². The minimum Gasteiger partial charge on any atom is -0.481 e. The molecule has 0 fully saturated rings. The third kappa shape index (κ3) is 9.25. The SMILES string of the molecule is CC(C)C(NC(=O)CNC(=O)C(CCC(=O)O)NC(=O)CN)C(=O)O. The number of carboxylic acids is 2. The monoisotopic (exact) mass is 360 g/mol. The molecule has 0 aromatic carbocycles. The van der Waals surface area contributed by atoms with Gasteiger partial charge in [-0.1, -0.05) is 13.8 Å². The molecule has 0 spiro atoms. The number of carbonyl (C=O) groups is 5. The molecule has 3 amide bonds. The van der Waals surface area contributed by atoms with Crippen LogP contribution in [-0.2, 0) is 24.0 Å². The number of nitrogens with one attached hydrogen (secondary N) is 3. The number of rotatable bonds is 11. The summed E-state index contributed by atoms with van der Waals surface area (Å²) < 4.78 is 0. The summed E-state index contributed by atoms with van der Waals surface area (Å²) in [6, 6.07) is -2.27. The molecule has 2 atom stereocenters. The number of carboxylic acid groups (broad SMARTS) is 2. The largest absolute Gasteiger partial charge is 0.481 e. The van der Waals surface area contributed by atoms with Crippen molar-refractivity contribution in [1.82, 2.24) is 16.0 Å². The molecule has 0 rings (SSSR count). The minimum absolute atomic E-state index is 0.182. The molecule has 0 bridgehead atoms. The first-order valence-electron chi connectivity index (χ1n) is 7.59. The summed E-state index contributed by atoms with van der Waals surface area (Å²) in [6.45, 7) is 2.33. The Morgan fingerprint density at radius 1 is 1.00 bits per heavy atom. The number of aliphatic carboxylic acids is 2. The highest BCUT2D eigenvalue weighted by Gasteiger charge is 2.25. The first-order chi connectivity index (χ1) is 11.6. The Morgan fingerprint density at radius 2 is 1.60 bits per heavy atom. The van der Waals surface area contributed by atoms with E-state index in [-0.39, 0.29) is 25.3 Å². The van der Waals surface area contributed by atoms with Crippen LogP contribution < -0.4 is 21.7 Å². The molecule has 0 aromatic rings. The van der Waals surface area contributed by atoms with Gasteiger partial charge in [-0.05, 0) is 12.3 Å². The molecule has 0 radical (unpaired) electrons. The molecule has 0 aliphatic rings. The van der Waals surface area contributed by atoms with Crippen LogP contribution >= 0.6 is 0 Å². The number of carbonyl (C=O) groups excluding carboxylic acids is 3. The van der Waals surface area contributed by atoms with Gasteiger partial charge in [0.15, 0.2) is 0 Å². The lowest BCUT2D eigenvalue weighted by Crippen LogP contribution is -2.52. The molecule has 0 aliphatic heterocycles. The second-order valence-corrected chi connectivity index (χ2v) is 5.60. The van der Waals surface area contributed by atoms with Crippen LogP contribution in [0.15, 0.2) is 0 Å². The predicted molar refractivity (Wildman–Crippen MR) is 85.3 cm³/mol. The maximum Gasteiger partial charge on any atom is 0.326 e. The van der Waals surface area contributed by atoms with E-state index in [1.165, 1.54) is 0 Å². The van der Waals surface area contributed by atoms with Crippen molar-refractivity contribution in [3.05, 3.63) is 0 Å². The lowest BCUT2D eigenvalue weighted by Gasteiger charge is -2.19. The van der Waals surface area contributed by atoms with Crippen molar-refractivity contribution < 1.29 is 34.2 Å². The maximum atomic E-state index is 12.0. The van der Waals surface area contributed by atoms with Crippen LogP contribution in [0.4, 0.5) is 0 Å². The first kappa shape index (κ1) is 22.3. The van der Waals surface area contributed by atoms with Crippen molar-refractivity contribution in [2.45, 2.75) is 38.8 Å². The van der Waals surface area contributed by atoms with Crippen LogP contribution in [0.1, 0.15) is 26.7 Å². The zero-order valence-electron chi connectivity index (χ0n) is 14.1. The first-order valence-corrected chi connectivity index (χ1v) is 7.59. The second-order valence-electron chi connectivity index (χ2n) is 5.60. The standard InChI is InChI=1S/C14H24N4O7/c1-7(2)12(14(24)25)18-10(20)6-16-13(23)8(3-4-11(21)22)17-9(19)5-15/h7-8,12H,3-6,15H2,1-2H3,(H,16,23)(H,17,19)(H,18,20)(H,21,22)(H,24,25). The zero-order chi connectivity index (χ0) is 19.6. The van der Waals surface area contributed by atoms with Crippen molar-refractivity contribution in [1.29, 1.82) is 0 Å². The Bertz CT molecular complexity index is 521. The van der Waals surface area contributed by atoms with Gasteiger partial charge in [0.1, 0.15) is 12.1 Å². The summed E-state index contributed by atoms with van der Waals surface area (Å²) in [7, 11) is 0. The molecule has 2 unspecified atom stereocenters. The van der Waals surface area contributed by atoms with Crippen molar-refractivity contribution in [3.8, 4) is 0 Å². The smallest absolute Gasteiger partial charge is 0.326 e. The van der Waals surface area contributed by atoms with Gasteiger partial charge in [0.25, 0.3) is 0 Å². The molecule has 0 aromatic heterocycles. The van der Waals surface area contributed by atoms with E-state index in [9.17, 15) is 24.0 Å². The molecular weight excluding hydrogens is 336 g/mol. The topological polar surface area (TPSA) is 188 Å². The zero-order valence-corrected chi connectivity index (χ0v) is 14.1. The number of hydrogen-bond acceptors (Lipinski definition) is 6. The van der Waals surface area contributed by atoms with E-state index in [0.29, 0.717) is 0 Å². The highest BCUT2D eigenvalue weighted by Crippen LogP contribution is 2.01. The van der Waals surface area contributed by atoms with Crippen molar-refractivity contribution in [2.75, 3.05) is 13.1 Å². The summed E-state index contributed by atoms with van der Waals surface area (Å²) in [6.07, 6.45) is -0.554. The quantitative estimate of drug-likeness (QED) is 0.236. The molecular formula is C14H24N4O7. The maximum absolute atomic E-state index is 12.0. The van der Waals surface area contributed by atoms with Gasteiger partial charge in [-0.2, -0.15) is 0 Å². The van der Waals surface area contributed by atoms with Crippen molar-refractivity contribution in [2.24, 2.45) is 11.7 Å². The van der Waals surface area contributed by atoms with E-state index in [2.05, 4.69) is 16.0 Å². The average molecular weight is 360 g/mol. The summed E-state index contributed by atoms with van der Waals surface area (Å²) in [4.78, 5) is 56.7. The van der Waals surface area contributed by atoms with Gasteiger partial charge < -0.3 is 31.9 Å². The Balaban J connectivity index is 4.66. The van der Waals surface area contributed by atoms with E-state index in [1.54, 1.807) is 13.8 Å². The van der Waals surface area contributed by atoms with Crippen LogP contribution in [0.3, 0.4) is 0 Å². The third-order valence-electron chi connectivity index (χ3n) is 3.16. The second kappa shape index (κ2) is 11.0. The Kier molecular flexibility index (Phi) is 9.79. The van der Waals surface area contributed by atoms with Crippen LogP contribution in [0.25, 0.3) is 0 Å². The van der Waals surface area contributed by atoms with Gasteiger partial charge in [-0.25, -0.2) is 4.79 Å². The predicted octanol–water partition coefficient (Wildman–Crippen LogP) is -2.36. The van der Waals surface area contributed by atoms with E-state index in [4.69, 9.17) is 15.9 Å². The fourth-order valence-corrected chi connectivity index (χ4v) is 1.82. The van der Waals surface area contributed by atoms with Crippen LogP contribution in [0.2, 0.25) is 0 Å². The molecule has 0 saturated heterocycles. The molecule has 25 heavy (non-hydrogen) atoms. The lowest BCUT2D eigenvalue weighted by atomic mass is 10.0. The molecule has 142 valence electrons. The Hall–Kier alpha value is -2.69. The van der Waals surface area contributed by atoms with Gasteiger partial charge in [-0.3, -0.25) is 19.2 Å².